The van der Waals surface area contributed by atoms with Crippen LogP contribution in [-0.2, 0) is 0 Å². The first-order valence-corrected chi connectivity index (χ1v) is 5.74. The van der Waals surface area contributed by atoms with E-state index in [0.29, 0.717) is 0 Å². The highest BCUT2D eigenvalue weighted by Gasteiger charge is 2.02. The number of aryl methyl sites for hydroxylation is 3. The Morgan fingerprint density at radius 2 is 1.73 bits per heavy atom. The molecule has 1 N–H and O–H groups in total. The minimum absolute atomic E-state index is 0.967. The molecule has 0 saturated carbocycles. The number of aromatic nitrogens is 1. The van der Waals surface area contributed by atoms with Crippen LogP contribution in [0.2, 0.25) is 0 Å². The molecule has 2 nitrogen and oxygen atoms in total. The van der Waals surface area contributed by atoms with Crippen LogP contribution in [0, 0.1) is 20.8 Å². The number of thiazole rings is 1. The quantitative estimate of drug-likeness (QED) is 0.829. The Balaban J connectivity index is 2.18. The lowest BCUT2D eigenvalue weighted by Gasteiger charge is -2.01. The summed E-state index contributed by atoms with van der Waals surface area (Å²) in [4.78, 5) is 5.70. The maximum Gasteiger partial charge on any atom is 0.187 e. The van der Waals surface area contributed by atoms with E-state index in [4.69, 9.17) is 0 Å². The molecule has 2 aromatic rings. The van der Waals surface area contributed by atoms with Crippen LogP contribution >= 0.6 is 11.3 Å². The minimum atomic E-state index is 0.967. The molecule has 2 rings (SSSR count). The first kappa shape index (κ1) is 10.2. The van der Waals surface area contributed by atoms with Crippen molar-refractivity contribution in [2.24, 2.45) is 0 Å². The van der Waals surface area contributed by atoms with Crippen molar-refractivity contribution in [3.8, 4) is 0 Å². The van der Waals surface area contributed by atoms with Gasteiger partial charge in [-0.15, -0.1) is 11.3 Å². The van der Waals surface area contributed by atoms with Crippen molar-refractivity contribution >= 4 is 22.2 Å². The lowest BCUT2D eigenvalue weighted by atomic mass is 10.2. The van der Waals surface area contributed by atoms with Crippen LogP contribution in [0.5, 0.6) is 0 Å². The van der Waals surface area contributed by atoms with Gasteiger partial charge in [0.25, 0.3) is 0 Å². The Bertz CT molecular complexity index is 437. The molecule has 1 aromatic heterocycles. The van der Waals surface area contributed by atoms with Gasteiger partial charge in [0.05, 0.1) is 5.69 Å². The van der Waals surface area contributed by atoms with E-state index >= 15 is 0 Å². The fraction of sp³-hybridized carbons (Fsp3) is 0.250. The molecule has 0 aliphatic carbocycles. The zero-order valence-corrected chi connectivity index (χ0v) is 9.98. The molecule has 0 saturated heterocycles. The van der Waals surface area contributed by atoms with E-state index in [1.54, 1.807) is 11.3 Å². The minimum Gasteiger partial charge on any atom is -0.332 e. The van der Waals surface area contributed by atoms with Gasteiger partial charge < -0.3 is 5.32 Å². The first-order chi connectivity index (χ1) is 7.15. The van der Waals surface area contributed by atoms with Crippen LogP contribution in [0.25, 0.3) is 0 Å². The van der Waals surface area contributed by atoms with Gasteiger partial charge in [-0.3, -0.25) is 0 Å². The SMILES string of the molecule is Cc1ccc(Nc2nc(C)c(C)s2)cc1. The number of rotatable bonds is 2. The average Bonchev–Trinajstić information content (AvgIpc) is 2.50. The van der Waals surface area contributed by atoms with Gasteiger partial charge in [-0.2, -0.15) is 0 Å². The number of hydrogen-bond acceptors (Lipinski definition) is 3. The predicted molar refractivity (Wildman–Crippen MR) is 66.0 cm³/mol. The van der Waals surface area contributed by atoms with Gasteiger partial charge in [-0.1, -0.05) is 17.7 Å². The van der Waals surface area contributed by atoms with Gasteiger partial charge >= 0.3 is 0 Å². The fourth-order valence-electron chi connectivity index (χ4n) is 1.29. The first-order valence-electron chi connectivity index (χ1n) is 4.93. The molecule has 0 spiro atoms. The van der Waals surface area contributed by atoms with Crippen LogP contribution in [0.3, 0.4) is 0 Å². The van der Waals surface area contributed by atoms with Crippen LogP contribution < -0.4 is 5.32 Å². The molecule has 0 atom stereocenters. The van der Waals surface area contributed by atoms with E-state index in [2.05, 4.69) is 48.4 Å². The molecule has 0 radical (unpaired) electrons. The second-order valence-corrected chi connectivity index (χ2v) is 4.85. The Morgan fingerprint density at radius 3 is 2.27 bits per heavy atom. The van der Waals surface area contributed by atoms with Gasteiger partial charge in [-0.05, 0) is 32.9 Å². The molecule has 0 bridgehead atoms. The zero-order valence-electron chi connectivity index (χ0n) is 9.16. The van der Waals surface area contributed by atoms with E-state index in [9.17, 15) is 0 Å². The fourth-order valence-corrected chi connectivity index (χ4v) is 2.12. The molecular weight excluding hydrogens is 204 g/mol. The summed E-state index contributed by atoms with van der Waals surface area (Å²) in [6.07, 6.45) is 0. The van der Waals surface area contributed by atoms with Crippen LogP contribution in [-0.4, -0.2) is 4.98 Å². The molecule has 1 heterocycles. The second-order valence-electron chi connectivity index (χ2n) is 3.65. The van der Waals surface area contributed by atoms with Crippen molar-refractivity contribution in [3.63, 3.8) is 0 Å². The highest BCUT2D eigenvalue weighted by molar-refractivity contribution is 7.15. The molecule has 0 unspecified atom stereocenters. The normalized spacial score (nSPS) is 10.3. The van der Waals surface area contributed by atoms with Gasteiger partial charge in [-0.25, -0.2) is 4.98 Å². The van der Waals surface area contributed by atoms with Gasteiger partial charge in [0.2, 0.25) is 0 Å². The number of benzene rings is 1. The summed E-state index contributed by atoms with van der Waals surface area (Å²) < 4.78 is 0. The van der Waals surface area contributed by atoms with Crippen molar-refractivity contribution < 1.29 is 0 Å². The van der Waals surface area contributed by atoms with E-state index in [1.165, 1.54) is 10.4 Å². The number of anilines is 2. The molecule has 3 heteroatoms. The topological polar surface area (TPSA) is 24.9 Å². The number of nitrogens with one attached hydrogen (secondary N) is 1. The van der Waals surface area contributed by atoms with Crippen molar-refractivity contribution in [2.75, 3.05) is 5.32 Å². The van der Waals surface area contributed by atoms with Crippen molar-refractivity contribution in [1.82, 2.24) is 4.98 Å². The summed E-state index contributed by atoms with van der Waals surface area (Å²) in [6.45, 7) is 6.21. The summed E-state index contributed by atoms with van der Waals surface area (Å²) in [5.41, 5.74) is 3.47. The summed E-state index contributed by atoms with van der Waals surface area (Å²) >= 11 is 1.69. The predicted octanol–water partition coefficient (Wildman–Crippen LogP) is 3.81. The largest absolute Gasteiger partial charge is 0.332 e. The van der Waals surface area contributed by atoms with Gasteiger partial charge in [0.1, 0.15) is 0 Å². The standard InChI is InChI=1S/C12H14N2S/c1-8-4-6-11(7-5-8)14-12-13-9(2)10(3)15-12/h4-7H,1-3H3,(H,13,14). The van der Waals surface area contributed by atoms with Gasteiger partial charge in [0, 0.05) is 10.6 Å². The maximum atomic E-state index is 4.44. The molecule has 78 valence electrons. The maximum absolute atomic E-state index is 4.44. The van der Waals surface area contributed by atoms with E-state index < -0.39 is 0 Å². The average molecular weight is 218 g/mol. The molecule has 0 amide bonds. The highest BCUT2D eigenvalue weighted by Crippen LogP contribution is 2.24. The third kappa shape index (κ3) is 2.36. The van der Waals surface area contributed by atoms with Crippen molar-refractivity contribution in [1.29, 1.82) is 0 Å². The Morgan fingerprint density at radius 1 is 1.07 bits per heavy atom. The van der Waals surface area contributed by atoms with Crippen LogP contribution in [0.15, 0.2) is 24.3 Å². The molecule has 15 heavy (non-hydrogen) atoms. The van der Waals surface area contributed by atoms with Crippen LogP contribution in [0.1, 0.15) is 16.1 Å². The van der Waals surface area contributed by atoms with Gasteiger partial charge in [0.15, 0.2) is 5.13 Å². The molecule has 0 aliphatic heterocycles. The monoisotopic (exact) mass is 218 g/mol. The highest BCUT2D eigenvalue weighted by atomic mass is 32.1. The Labute approximate surface area is 94.0 Å². The summed E-state index contributed by atoms with van der Waals surface area (Å²) in [5, 5.41) is 4.27. The van der Waals surface area contributed by atoms with Crippen molar-refractivity contribution in [2.45, 2.75) is 20.8 Å². The van der Waals surface area contributed by atoms with E-state index in [0.717, 1.165) is 16.5 Å². The molecule has 1 aromatic carbocycles. The number of nitrogens with zero attached hydrogens (tertiary/aromatic N) is 1. The second kappa shape index (κ2) is 4.03. The zero-order chi connectivity index (χ0) is 10.8. The lowest BCUT2D eigenvalue weighted by molar-refractivity contribution is 1.23. The van der Waals surface area contributed by atoms with E-state index in [1.807, 2.05) is 6.92 Å². The van der Waals surface area contributed by atoms with Crippen LogP contribution in [0.4, 0.5) is 10.8 Å². The van der Waals surface area contributed by atoms with E-state index in [-0.39, 0.29) is 0 Å². The summed E-state index contributed by atoms with van der Waals surface area (Å²) in [6, 6.07) is 8.33. The smallest absolute Gasteiger partial charge is 0.187 e. The summed E-state index contributed by atoms with van der Waals surface area (Å²) in [5.74, 6) is 0. The van der Waals surface area contributed by atoms with Crippen molar-refractivity contribution in [3.05, 3.63) is 40.4 Å². The third-order valence-electron chi connectivity index (χ3n) is 2.33. The molecule has 0 fully saturated rings. The Kier molecular flexibility index (Phi) is 2.73. The molecular formula is C12H14N2S. The third-order valence-corrected chi connectivity index (χ3v) is 3.32. The number of hydrogen-bond donors (Lipinski definition) is 1. The Hall–Kier alpha value is -1.35. The lowest BCUT2D eigenvalue weighted by Crippen LogP contribution is -1.89. The summed E-state index contributed by atoms with van der Waals surface area (Å²) in [7, 11) is 0. The molecule has 0 aliphatic rings.